The zero-order valence-corrected chi connectivity index (χ0v) is 6.86. The summed E-state index contributed by atoms with van der Waals surface area (Å²) < 4.78 is 0. The van der Waals surface area contributed by atoms with E-state index in [4.69, 9.17) is 5.26 Å². The number of nitrogens with zero attached hydrogens (tertiary/aromatic N) is 2. The van der Waals surface area contributed by atoms with Gasteiger partial charge in [0.15, 0.2) is 0 Å². The molecule has 0 aliphatic carbocycles. The Labute approximate surface area is 75.7 Å². The van der Waals surface area contributed by atoms with Crippen LogP contribution in [-0.4, -0.2) is 11.0 Å². The third-order valence-electron chi connectivity index (χ3n) is 1.97. The molecule has 1 saturated heterocycles. The molecular weight excluding hydrogens is 166 g/mol. The van der Waals surface area contributed by atoms with E-state index in [1.54, 1.807) is 12.4 Å². The van der Waals surface area contributed by atoms with Crippen molar-refractivity contribution in [3.63, 3.8) is 0 Å². The van der Waals surface area contributed by atoms with Crippen LogP contribution < -0.4 is 16.4 Å². The van der Waals surface area contributed by atoms with Crippen LogP contribution in [0.5, 0.6) is 0 Å². The topological polar surface area (TPSA) is 72.8 Å². The molecular formula is C8H9N5. The predicted molar refractivity (Wildman–Crippen MR) is 45.8 cm³/mol. The van der Waals surface area contributed by atoms with E-state index in [1.165, 1.54) is 0 Å². The van der Waals surface area contributed by atoms with E-state index < -0.39 is 0 Å². The van der Waals surface area contributed by atoms with Crippen molar-refractivity contribution in [1.82, 2.24) is 21.4 Å². The third kappa shape index (κ3) is 1.51. The normalized spacial score (nSPS) is 27.0. The molecule has 1 aromatic heterocycles. The Kier molecular flexibility index (Phi) is 2.19. The maximum Gasteiger partial charge on any atom is 0.130 e. The average molecular weight is 175 g/mol. The summed E-state index contributed by atoms with van der Waals surface area (Å²) in [5.41, 5.74) is 9.47. The highest BCUT2D eigenvalue weighted by Gasteiger charge is 2.27. The number of hydrazine groups is 2. The molecule has 3 N–H and O–H groups in total. The molecule has 13 heavy (non-hydrogen) atoms. The summed E-state index contributed by atoms with van der Waals surface area (Å²) >= 11 is 0. The van der Waals surface area contributed by atoms with Crippen LogP contribution in [0.1, 0.15) is 11.6 Å². The second-order valence-corrected chi connectivity index (χ2v) is 2.78. The standard InChI is InChI=1S/C8H9N5/c9-4-7-8(12-13-11-7)6-2-1-3-10-5-6/h1-3,5,7-8,11-13H. The summed E-state index contributed by atoms with van der Waals surface area (Å²) in [6.07, 6.45) is 3.46. The summed E-state index contributed by atoms with van der Waals surface area (Å²) in [6.45, 7) is 0. The minimum atomic E-state index is -0.260. The molecule has 0 bridgehead atoms. The van der Waals surface area contributed by atoms with Crippen molar-refractivity contribution in [1.29, 1.82) is 5.26 Å². The molecule has 0 aromatic carbocycles. The van der Waals surface area contributed by atoms with Gasteiger partial charge in [0.25, 0.3) is 0 Å². The van der Waals surface area contributed by atoms with Gasteiger partial charge in [-0.25, -0.2) is 10.9 Å². The zero-order chi connectivity index (χ0) is 9.10. The smallest absolute Gasteiger partial charge is 0.130 e. The number of hydrogen-bond acceptors (Lipinski definition) is 5. The van der Waals surface area contributed by atoms with E-state index in [2.05, 4.69) is 27.4 Å². The minimum Gasteiger partial charge on any atom is -0.264 e. The van der Waals surface area contributed by atoms with Gasteiger partial charge in [0, 0.05) is 12.4 Å². The second-order valence-electron chi connectivity index (χ2n) is 2.78. The van der Waals surface area contributed by atoms with Gasteiger partial charge in [0.1, 0.15) is 6.04 Å². The van der Waals surface area contributed by atoms with Gasteiger partial charge in [-0.15, -0.1) is 0 Å². The Morgan fingerprint density at radius 2 is 2.38 bits per heavy atom. The van der Waals surface area contributed by atoms with Crippen molar-refractivity contribution in [3.05, 3.63) is 30.1 Å². The lowest BCUT2D eigenvalue weighted by Crippen LogP contribution is -2.32. The van der Waals surface area contributed by atoms with E-state index in [0.717, 1.165) is 5.56 Å². The molecule has 0 amide bonds. The number of nitrogens with one attached hydrogen (secondary N) is 3. The first-order valence-corrected chi connectivity index (χ1v) is 3.97. The van der Waals surface area contributed by atoms with Gasteiger partial charge < -0.3 is 0 Å². The van der Waals surface area contributed by atoms with E-state index in [-0.39, 0.29) is 12.1 Å². The molecule has 5 heteroatoms. The quantitative estimate of drug-likeness (QED) is 0.543. The highest BCUT2D eigenvalue weighted by molar-refractivity contribution is 5.20. The molecule has 0 spiro atoms. The van der Waals surface area contributed by atoms with E-state index in [0.29, 0.717) is 0 Å². The van der Waals surface area contributed by atoms with Crippen LogP contribution in [0.4, 0.5) is 0 Å². The molecule has 66 valence electrons. The first-order valence-electron chi connectivity index (χ1n) is 3.97. The van der Waals surface area contributed by atoms with E-state index >= 15 is 0 Å². The second kappa shape index (κ2) is 3.49. The molecule has 1 fully saturated rings. The van der Waals surface area contributed by atoms with Gasteiger partial charge in [0.05, 0.1) is 12.1 Å². The molecule has 2 atom stereocenters. The van der Waals surface area contributed by atoms with Crippen LogP contribution in [0.15, 0.2) is 24.5 Å². The van der Waals surface area contributed by atoms with E-state index in [1.807, 2.05) is 12.1 Å². The monoisotopic (exact) mass is 175 g/mol. The van der Waals surface area contributed by atoms with Crippen LogP contribution in [0.25, 0.3) is 0 Å². The van der Waals surface area contributed by atoms with E-state index in [9.17, 15) is 0 Å². The van der Waals surface area contributed by atoms with Crippen LogP contribution >= 0.6 is 0 Å². The summed E-state index contributed by atoms with van der Waals surface area (Å²) in [4.78, 5) is 3.99. The fourth-order valence-electron chi connectivity index (χ4n) is 1.31. The van der Waals surface area contributed by atoms with Crippen LogP contribution in [0, 0.1) is 11.3 Å². The molecule has 2 rings (SSSR count). The molecule has 0 saturated carbocycles. The minimum absolute atomic E-state index is 0.0429. The highest BCUT2D eigenvalue weighted by Crippen LogP contribution is 2.16. The van der Waals surface area contributed by atoms with Crippen molar-refractivity contribution >= 4 is 0 Å². The van der Waals surface area contributed by atoms with Crippen molar-refractivity contribution in [2.45, 2.75) is 12.1 Å². The number of rotatable bonds is 1. The molecule has 2 heterocycles. The van der Waals surface area contributed by atoms with Crippen molar-refractivity contribution < 1.29 is 0 Å². The summed E-state index contributed by atoms with van der Waals surface area (Å²) in [5.74, 6) is 0. The first kappa shape index (κ1) is 8.13. The molecule has 0 radical (unpaired) electrons. The number of hydrogen-bond donors (Lipinski definition) is 3. The Balaban J connectivity index is 2.22. The Morgan fingerprint density at radius 1 is 1.46 bits per heavy atom. The maximum atomic E-state index is 8.78. The lowest BCUT2D eigenvalue weighted by molar-refractivity contribution is 0.554. The van der Waals surface area contributed by atoms with Gasteiger partial charge >= 0.3 is 0 Å². The molecule has 1 aliphatic rings. The molecule has 2 unspecified atom stereocenters. The SMILES string of the molecule is N#CC1NNNC1c1cccnc1. The Hall–Kier alpha value is -1.48. The summed E-state index contributed by atoms with van der Waals surface area (Å²) in [7, 11) is 0. The van der Waals surface area contributed by atoms with Gasteiger partial charge in [-0.2, -0.15) is 10.8 Å². The predicted octanol–water partition coefficient (Wildman–Crippen LogP) is -0.373. The van der Waals surface area contributed by atoms with Crippen LogP contribution in [0.3, 0.4) is 0 Å². The van der Waals surface area contributed by atoms with Crippen molar-refractivity contribution in [3.8, 4) is 6.07 Å². The Bertz CT molecular complexity index is 317. The fraction of sp³-hybridized carbons (Fsp3) is 0.250. The molecule has 5 nitrogen and oxygen atoms in total. The summed E-state index contributed by atoms with van der Waals surface area (Å²) in [5, 5.41) is 8.78. The van der Waals surface area contributed by atoms with Crippen LogP contribution in [0.2, 0.25) is 0 Å². The zero-order valence-electron chi connectivity index (χ0n) is 6.86. The fourth-order valence-corrected chi connectivity index (χ4v) is 1.31. The number of nitriles is 1. The number of pyridine rings is 1. The van der Waals surface area contributed by atoms with Gasteiger partial charge in [0.2, 0.25) is 0 Å². The first-order chi connectivity index (χ1) is 6.42. The average Bonchev–Trinajstić information content (AvgIpc) is 2.67. The van der Waals surface area contributed by atoms with Crippen LogP contribution in [-0.2, 0) is 0 Å². The molecule has 1 aromatic rings. The lowest BCUT2D eigenvalue weighted by Gasteiger charge is -2.10. The lowest BCUT2D eigenvalue weighted by atomic mass is 10.0. The molecule has 1 aliphatic heterocycles. The van der Waals surface area contributed by atoms with Crippen molar-refractivity contribution in [2.75, 3.05) is 0 Å². The van der Waals surface area contributed by atoms with Crippen molar-refractivity contribution in [2.24, 2.45) is 0 Å². The largest absolute Gasteiger partial charge is 0.264 e. The Morgan fingerprint density at radius 3 is 3.08 bits per heavy atom. The third-order valence-corrected chi connectivity index (χ3v) is 1.97. The van der Waals surface area contributed by atoms with Gasteiger partial charge in [-0.1, -0.05) is 6.07 Å². The summed E-state index contributed by atoms with van der Waals surface area (Å²) in [6, 6.07) is 5.63. The number of aromatic nitrogens is 1. The maximum absolute atomic E-state index is 8.78. The highest BCUT2D eigenvalue weighted by atomic mass is 15.7. The van der Waals surface area contributed by atoms with Gasteiger partial charge in [-0.3, -0.25) is 4.98 Å². The van der Waals surface area contributed by atoms with Gasteiger partial charge in [-0.05, 0) is 11.6 Å².